The van der Waals surface area contributed by atoms with Gasteiger partial charge in [-0.3, -0.25) is 14.1 Å². The molecule has 0 spiro atoms. The zero-order chi connectivity index (χ0) is 47.6. The summed E-state index contributed by atoms with van der Waals surface area (Å²) in [7, 11) is -4.60. The summed E-state index contributed by atoms with van der Waals surface area (Å²) >= 11 is 0. The lowest BCUT2D eigenvalue weighted by Crippen LogP contribution is -2.60. The summed E-state index contributed by atoms with van der Waals surface area (Å²) in [4.78, 5) is 25.5. The van der Waals surface area contributed by atoms with Crippen molar-refractivity contribution in [2.75, 3.05) is 19.0 Å². The van der Waals surface area contributed by atoms with Crippen LogP contribution in [0.2, 0.25) is 0 Å². The zero-order valence-electron chi connectivity index (χ0n) is 41.4. The lowest BCUT2D eigenvalue weighted by atomic mass is 10.00. The van der Waals surface area contributed by atoms with Gasteiger partial charge in [0, 0.05) is 12.8 Å². The van der Waals surface area contributed by atoms with E-state index in [4.69, 9.17) is 18.9 Å². The Bertz CT molecular complexity index is 1250. The molecule has 1 fully saturated rings. The molecule has 0 aromatic rings. The van der Waals surface area contributed by atoms with Gasteiger partial charge in [0.25, 0.3) is 10.1 Å². The van der Waals surface area contributed by atoms with E-state index in [1.165, 1.54) is 154 Å². The van der Waals surface area contributed by atoms with Gasteiger partial charge in [-0.2, -0.15) is 8.42 Å². The maximum absolute atomic E-state index is 12.8. The Hall–Kier alpha value is -1.61. The van der Waals surface area contributed by atoms with Crippen LogP contribution in [0, 0.1) is 0 Å². The van der Waals surface area contributed by atoms with Crippen molar-refractivity contribution in [3.05, 3.63) is 12.2 Å². The molecule has 1 saturated heterocycles. The summed E-state index contributed by atoms with van der Waals surface area (Å²) in [5.74, 6) is -1.98. The maximum Gasteiger partial charge on any atom is 0.306 e. The fourth-order valence-corrected chi connectivity index (χ4v) is 9.13. The third kappa shape index (κ3) is 37.0. The molecule has 0 radical (unpaired) electrons. The van der Waals surface area contributed by atoms with Crippen LogP contribution in [0.15, 0.2) is 12.2 Å². The van der Waals surface area contributed by atoms with E-state index in [1.54, 1.807) is 0 Å². The highest BCUT2D eigenvalue weighted by molar-refractivity contribution is 7.85. The number of esters is 2. The number of aliphatic hydroxyl groups excluding tert-OH is 3. The summed E-state index contributed by atoms with van der Waals surface area (Å²) in [6.45, 7) is 3.79. The molecule has 12 nitrogen and oxygen atoms in total. The standard InChI is InChI=1S/C52H98O12S/c1-3-5-7-9-11-13-15-17-19-20-21-22-23-24-25-26-27-29-30-32-34-36-38-40-47(53)61-42-45(43-62-52-51(57)50(56)49(55)46(64-52)44-65(58,59)60)63-48(54)41-39-37-35-33-31-28-18-16-14-12-10-8-6-4-2/h16,18,45-46,49-52,55-57H,3-15,17,19-44H2,1-2H3,(H,58,59,60)/b18-16+/t45-,46-,49-,50?,51?,52+/m1/s1. The van der Waals surface area contributed by atoms with Gasteiger partial charge in [-0.1, -0.05) is 212 Å². The Labute approximate surface area is 396 Å². The van der Waals surface area contributed by atoms with E-state index < -0.39 is 71.2 Å². The van der Waals surface area contributed by atoms with Crippen molar-refractivity contribution in [3.63, 3.8) is 0 Å². The summed E-state index contributed by atoms with van der Waals surface area (Å²) in [5.41, 5.74) is 0. The molecule has 0 aromatic heterocycles. The quantitative estimate of drug-likeness (QED) is 0.0196. The maximum atomic E-state index is 12.8. The number of carbonyl (C=O) groups excluding carboxylic acids is 2. The fraction of sp³-hybridized carbons (Fsp3) is 0.923. The van der Waals surface area contributed by atoms with Crippen molar-refractivity contribution >= 4 is 22.1 Å². The van der Waals surface area contributed by atoms with E-state index in [0.717, 1.165) is 57.8 Å². The van der Waals surface area contributed by atoms with Gasteiger partial charge in [0.2, 0.25) is 0 Å². The molecular weight excluding hydrogens is 849 g/mol. The first-order valence-electron chi connectivity index (χ1n) is 26.7. The molecule has 6 atom stereocenters. The minimum Gasteiger partial charge on any atom is -0.462 e. The van der Waals surface area contributed by atoms with Crippen LogP contribution in [0.25, 0.3) is 0 Å². The van der Waals surface area contributed by atoms with E-state index in [1.807, 2.05) is 0 Å². The van der Waals surface area contributed by atoms with Crippen molar-refractivity contribution in [3.8, 4) is 0 Å². The molecule has 65 heavy (non-hydrogen) atoms. The summed E-state index contributed by atoms with van der Waals surface area (Å²) < 4.78 is 54.2. The molecule has 0 aromatic carbocycles. The number of rotatable bonds is 46. The van der Waals surface area contributed by atoms with Gasteiger partial charge in [0.15, 0.2) is 12.4 Å². The van der Waals surface area contributed by atoms with Crippen LogP contribution >= 0.6 is 0 Å². The second-order valence-corrected chi connectivity index (χ2v) is 20.4. The number of allylic oxidation sites excluding steroid dienone is 2. The number of carbonyl (C=O) groups is 2. The molecule has 2 unspecified atom stereocenters. The third-order valence-electron chi connectivity index (χ3n) is 12.6. The minimum absolute atomic E-state index is 0.159. The molecule has 0 saturated carbocycles. The molecule has 1 aliphatic heterocycles. The molecule has 4 N–H and O–H groups in total. The SMILES string of the molecule is CCCCCCC/C=C/CCCCCCCC(=O)O[C@H](COC(=O)CCCCCCCCCCCCCCCCCCCCCCCCC)CO[C@H]1O[C@H](CS(=O)(=O)O)[C@@H](O)C(O)C1O. The molecule has 1 rings (SSSR count). The van der Waals surface area contributed by atoms with Gasteiger partial charge < -0.3 is 34.3 Å². The first kappa shape index (κ1) is 61.4. The minimum atomic E-state index is -4.60. The number of aliphatic hydroxyl groups is 3. The first-order chi connectivity index (χ1) is 31.5. The Morgan fingerprint density at radius 1 is 0.508 bits per heavy atom. The van der Waals surface area contributed by atoms with Crippen LogP contribution in [-0.4, -0.2) is 96.0 Å². The first-order valence-corrected chi connectivity index (χ1v) is 28.4. The van der Waals surface area contributed by atoms with Crippen molar-refractivity contribution in [1.29, 1.82) is 0 Å². The zero-order valence-corrected chi connectivity index (χ0v) is 42.2. The van der Waals surface area contributed by atoms with Crippen LogP contribution in [-0.2, 0) is 38.7 Å². The smallest absolute Gasteiger partial charge is 0.306 e. The molecule has 384 valence electrons. The lowest BCUT2D eigenvalue weighted by Gasteiger charge is -2.40. The van der Waals surface area contributed by atoms with Gasteiger partial charge in [-0.15, -0.1) is 0 Å². The van der Waals surface area contributed by atoms with Crippen LogP contribution in [0.3, 0.4) is 0 Å². The number of unbranched alkanes of at least 4 members (excludes halogenated alkanes) is 32. The van der Waals surface area contributed by atoms with Crippen LogP contribution in [0.4, 0.5) is 0 Å². The monoisotopic (exact) mass is 947 g/mol. The molecule has 0 amide bonds. The Kier molecular flexibility index (Phi) is 40.1. The average molecular weight is 947 g/mol. The normalized spacial score (nSPS) is 19.5. The van der Waals surface area contributed by atoms with Gasteiger partial charge in [-0.25, -0.2) is 0 Å². The molecular formula is C52H98O12S. The van der Waals surface area contributed by atoms with E-state index in [9.17, 15) is 37.9 Å². The molecule has 1 heterocycles. The highest BCUT2D eigenvalue weighted by Gasteiger charge is 2.46. The summed E-state index contributed by atoms with van der Waals surface area (Å²) in [6.07, 6.45) is 38.3. The predicted molar refractivity (Wildman–Crippen MR) is 261 cm³/mol. The van der Waals surface area contributed by atoms with E-state index in [0.29, 0.717) is 12.8 Å². The Balaban J connectivity index is 2.30. The molecule has 0 bridgehead atoms. The van der Waals surface area contributed by atoms with Crippen LogP contribution in [0.5, 0.6) is 0 Å². The average Bonchev–Trinajstić information content (AvgIpc) is 3.27. The third-order valence-corrected chi connectivity index (χ3v) is 13.3. The van der Waals surface area contributed by atoms with Gasteiger partial charge in [0.05, 0.1) is 6.61 Å². The Morgan fingerprint density at radius 3 is 1.28 bits per heavy atom. The molecule has 1 aliphatic rings. The van der Waals surface area contributed by atoms with E-state index in [2.05, 4.69) is 26.0 Å². The van der Waals surface area contributed by atoms with Crippen molar-refractivity contribution in [2.24, 2.45) is 0 Å². The topological polar surface area (TPSA) is 186 Å². The van der Waals surface area contributed by atoms with E-state index in [-0.39, 0.29) is 19.4 Å². The highest BCUT2D eigenvalue weighted by atomic mass is 32.2. The van der Waals surface area contributed by atoms with Crippen molar-refractivity contribution < 1.29 is 56.8 Å². The second kappa shape index (κ2) is 42.5. The number of ether oxygens (including phenoxy) is 4. The Morgan fingerprint density at radius 2 is 0.877 bits per heavy atom. The highest BCUT2D eigenvalue weighted by Crippen LogP contribution is 2.24. The summed E-state index contributed by atoms with van der Waals surface area (Å²) in [6, 6.07) is 0. The number of hydrogen-bond acceptors (Lipinski definition) is 11. The predicted octanol–water partition coefficient (Wildman–Crippen LogP) is 12.2. The van der Waals surface area contributed by atoms with Gasteiger partial charge in [-0.05, 0) is 38.5 Å². The molecule has 0 aliphatic carbocycles. The van der Waals surface area contributed by atoms with Crippen LogP contribution in [0.1, 0.15) is 251 Å². The van der Waals surface area contributed by atoms with Crippen molar-refractivity contribution in [2.45, 2.75) is 288 Å². The van der Waals surface area contributed by atoms with Crippen LogP contribution < -0.4 is 0 Å². The summed E-state index contributed by atoms with van der Waals surface area (Å²) in [5, 5.41) is 31.0. The van der Waals surface area contributed by atoms with E-state index >= 15 is 0 Å². The molecule has 13 heteroatoms. The van der Waals surface area contributed by atoms with Gasteiger partial charge in [0.1, 0.15) is 36.8 Å². The lowest BCUT2D eigenvalue weighted by molar-refractivity contribution is -0.297. The number of hydrogen-bond donors (Lipinski definition) is 4. The second-order valence-electron chi connectivity index (χ2n) is 18.9. The fourth-order valence-electron chi connectivity index (χ4n) is 8.44. The largest absolute Gasteiger partial charge is 0.462 e. The van der Waals surface area contributed by atoms with Crippen molar-refractivity contribution in [1.82, 2.24) is 0 Å². The van der Waals surface area contributed by atoms with Gasteiger partial charge >= 0.3 is 11.9 Å².